The molecule has 1 N–H and O–H groups in total. The number of hydrogen-bond acceptors (Lipinski definition) is 7. The third-order valence-corrected chi connectivity index (χ3v) is 3.62. The van der Waals surface area contributed by atoms with Gasteiger partial charge in [-0.3, -0.25) is 0 Å². The van der Waals surface area contributed by atoms with Gasteiger partial charge in [-0.05, 0) is 40.0 Å². The van der Waals surface area contributed by atoms with Gasteiger partial charge in [0.2, 0.25) is 5.89 Å². The molecule has 124 valence electrons. The van der Waals surface area contributed by atoms with E-state index in [1.165, 1.54) is 0 Å². The first-order chi connectivity index (χ1) is 11.0. The molecule has 3 heterocycles. The molecule has 23 heavy (non-hydrogen) atoms. The van der Waals surface area contributed by atoms with Gasteiger partial charge in [0.05, 0.1) is 11.7 Å². The van der Waals surface area contributed by atoms with Crippen molar-refractivity contribution in [2.45, 2.75) is 39.0 Å². The van der Waals surface area contributed by atoms with Gasteiger partial charge in [-0.25, -0.2) is 4.98 Å². The zero-order valence-electron chi connectivity index (χ0n) is 14.0. The summed E-state index contributed by atoms with van der Waals surface area (Å²) in [7, 11) is 2.06. The Labute approximate surface area is 136 Å². The van der Waals surface area contributed by atoms with Gasteiger partial charge < -0.3 is 19.4 Å². The molecule has 2 aromatic heterocycles. The topological polar surface area (TPSA) is 76.3 Å². The van der Waals surface area contributed by atoms with E-state index in [-0.39, 0.29) is 18.2 Å². The molecule has 2 aromatic rings. The molecule has 0 radical (unpaired) electrons. The Morgan fingerprint density at radius 1 is 1.30 bits per heavy atom. The van der Waals surface area contributed by atoms with E-state index in [0.717, 1.165) is 24.5 Å². The maximum absolute atomic E-state index is 5.92. The van der Waals surface area contributed by atoms with Gasteiger partial charge in [-0.2, -0.15) is 0 Å². The molecule has 0 amide bonds. The van der Waals surface area contributed by atoms with Crippen molar-refractivity contribution in [3.8, 4) is 11.5 Å². The highest BCUT2D eigenvalue weighted by Gasteiger charge is 2.29. The number of rotatable bonds is 4. The SMILES string of the molecule is CC(C)Nc1ncccc1-c1nnc([C@H]2CN(C)C[C@@H](C)O2)o1. The van der Waals surface area contributed by atoms with Crippen molar-refractivity contribution in [3.63, 3.8) is 0 Å². The number of pyridine rings is 1. The van der Waals surface area contributed by atoms with Crippen molar-refractivity contribution in [1.29, 1.82) is 0 Å². The lowest BCUT2D eigenvalue weighted by Gasteiger charge is -2.32. The van der Waals surface area contributed by atoms with E-state index >= 15 is 0 Å². The Balaban J connectivity index is 1.85. The molecule has 0 aromatic carbocycles. The first-order valence-electron chi connectivity index (χ1n) is 7.92. The summed E-state index contributed by atoms with van der Waals surface area (Å²) >= 11 is 0. The van der Waals surface area contributed by atoms with E-state index in [0.29, 0.717) is 11.8 Å². The lowest BCUT2D eigenvalue weighted by atomic mass is 10.2. The lowest BCUT2D eigenvalue weighted by molar-refractivity contribution is -0.0821. The van der Waals surface area contributed by atoms with E-state index in [1.807, 2.05) is 19.1 Å². The van der Waals surface area contributed by atoms with Gasteiger partial charge in [0.25, 0.3) is 5.89 Å². The molecule has 7 nitrogen and oxygen atoms in total. The van der Waals surface area contributed by atoms with E-state index in [2.05, 4.69) is 46.3 Å². The average Bonchev–Trinajstić information content (AvgIpc) is 2.96. The van der Waals surface area contributed by atoms with Crippen molar-refractivity contribution in [1.82, 2.24) is 20.1 Å². The Hall–Kier alpha value is -1.99. The van der Waals surface area contributed by atoms with Crippen LogP contribution in [0.4, 0.5) is 5.82 Å². The molecule has 0 aliphatic carbocycles. The summed E-state index contributed by atoms with van der Waals surface area (Å²) in [5.74, 6) is 1.71. The minimum Gasteiger partial charge on any atom is -0.418 e. The van der Waals surface area contributed by atoms with Crippen LogP contribution in [0.5, 0.6) is 0 Å². The summed E-state index contributed by atoms with van der Waals surface area (Å²) < 4.78 is 11.8. The molecular formula is C16H23N5O2. The molecule has 7 heteroatoms. The van der Waals surface area contributed by atoms with Crippen LogP contribution in [0.15, 0.2) is 22.7 Å². The van der Waals surface area contributed by atoms with Gasteiger partial charge in [0, 0.05) is 25.3 Å². The van der Waals surface area contributed by atoms with Crippen LogP contribution in [0.3, 0.4) is 0 Å². The molecule has 0 saturated carbocycles. The average molecular weight is 317 g/mol. The summed E-state index contributed by atoms with van der Waals surface area (Å²) in [6.45, 7) is 7.82. The predicted octanol–water partition coefficient (Wildman–Crippen LogP) is 2.34. The van der Waals surface area contributed by atoms with Gasteiger partial charge in [0.1, 0.15) is 11.9 Å². The smallest absolute Gasteiger partial charge is 0.251 e. The maximum Gasteiger partial charge on any atom is 0.251 e. The zero-order chi connectivity index (χ0) is 16.4. The predicted molar refractivity (Wildman–Crippen MR) is 87.1 cm³/mol. The molecule has 1 saturated heterocycles. The quantitative estimate of drug-likeness (QED) is 0.927. The van der Waals surface area contributed by atoms with Crippen molar-refractivity contribution >= 4 is 5.82 Å². The summed E-state index contributed by atoms with van der Waals surface area (Å²) in [6.07, 6.45) is 1.70. The highest BCUT2D eigenvalue weighted by atomic mass is 16.5. The van der Waals surface area contributed by atoms with Crippen LogP contribution in [-0.4, -0.2) is 52.4 Å². The first kappa shape index (κ1) is 15.9. The Morgan fingerprint density at radius 3 is 2.87 bits per heavy atom. The Kier molecular flexibility index (Phi) is 4.58. The number of nitrogens with one attached hydrogen (secondary N) is 1. The normalized spacial score (nSPS) is 22.5. The van der Waals surface area contributed by atoms with Crippen LogP contribution in [0, 0.1) is 0 Å². The van der Waals surface area contributed by atoms with Crippen LogP contribution in [-0.2, 0) is 4.74 Å². The summed E-state index contributed by atoms with van der Waals surface area (Å²) in [4.78, 5) is 6.57. The van der Waals surface area contributed by atoms with Gasteiger partial charge >= 0.3 is 0 Å². The molecule has 1 aliphatic rings. The molecule has 0 unspecified atom stereocenters. The van der Waals surface area contributed by atoms with Crippen molar-refractivity contribution in [2.24, 2.45) is 0 Å². The fourth-order valence-corrected chi connectivity index (χ4v) is 2.74. The minimum absolute atomic E-state index is 0.144. The van der Waals surface area contributed by atoms with Crippen LogP contribution in [0.1, 0.15) is 32.8 Å². The van der Waals surface area contributed by atoms with E-state index in [1.54, 1.807) is 6.20 Å². The number of nitrogens with zero attached hydrogens (tertiary/aromatic N) is 4. The van der Waals surface area contributed by atoms with Crippen LogP contribution < -0.4 is 5.32 Å². The highest BCUT2D eigenvalue weighted by molar-refractivity contribution is 5.68. The molecular weight excluding hydrogens is 294 g/mol. The number of ether oxygens (including phenoxy) is 1. The molecule has 0 bridgehead atoms. The molecule has 1 fully saturated rings. The largest absolute Gasteiger partial charge is 0.418 e. The third kappa shape index (κ3) is 3.68. The zero-order valence-corrected chi connectivity index (χ0v) is 14.0. The Morgan fingerprint density at radius 2 is 2.13 bits per heavy atom. The van der Waals surface area contributed by atoms with Crippen molar-refractivity contribution in [3.05, 3.63) is 24.2 Å². The first-order valence-corrected chi connectivity index (χ1v) is 7.92. The second-order valence-corrected chi connectivity index (χ2v) is 6.30. The molecule has 2 atom stereocenters. The number of likely N-dealkylation sites (N-methyl/N-ethyl adjacent to an activating group) is 1. The molecule has 3 rings (SSSR count). The molecule has 1 aliphatic heterocycles. The van der Waals surface area contributed by atoms with Crippen molar-refractivity contribution in [2.75, 3.05) is 25.5 Å². The fourth-order valence-electron chi connectivity index (χ4n) is 2.74. The van der Waals surface area contributed by atoms with E-state index in [4.69, 9.17) is 9.15 Å². The monoisotopic (exact) mass is 317 g/mol. The minimum atomic E-state index is -0.192. The highest BCUT2D eigenvalue weighted by Crippen LogP contribution is 2.29. The van der Waals surface area contributed by atoms with Crippen LogP contribution >= 0.6 is 0 Å². The standard InChI is InChI=1S/C16H23N5O2/c1-10(2)18-14-12(6-5-7-17-14)15-19-20-16(23-15)13-9-21(4)8-11(3)22-13/h5-7,10-11,13H,8-9H2,1-4H3,(H,17,18)/t11-,13-/m1/s1. The van der Waals surface area contributed by atoms with E-state index in [9.17, 15) is 0 Å². The van der Waals surface area contributed by atoms with Crippen molar-refractivity contribution < 1.29 is 9.15 Å². The second-order valence-electron chi connectivity index (χ2n) is 6.30. The van der Waals surface area contributed by atoms with E-state index < -0.39 is 0 Å². The second kappa shape index (κ2) is 6.64. The number of morpholine rings is 1. The maximum atomic E-state index is 5.92. The summed E-state index contributed by atoms with van der Waals surface area (Å²) in [6, 6.07) is 4.05. The number of anilines is 1. The summed E-state index contributed by atoms with van der Waals surface area (Å²) in [5.41, 5.74) is 0.803. The third-order valence-electron chi connectivity index (χ3n) is 3.62. The van der Waals surface area contributed by atoms with Gasteiger partial charge in [-0.1, -0.05) is 0 Å². The lowest BCUT2D eigenvalue weighted by Crippen LogP contribution is -2.40. The Bertz CT molecular complexity index is 647. The fraction of sp³-hybridized carbons (Fsp3) is 0.562. The van der Waals surface area contributed by atoms with Crippen LogP contribution in [0.25, 0.3) is 11.5 Å². The molecule has 0 spiro atoms. The number of aromatic nitrogens is 3. The van der Waals surface area contributed by atoms with Gasteiger partial charge in [-0.15, -0.1) is 10.2 Å². The number of hydrogen-bond donors (Lipinski definition) is 1. The summed E-state index contributed by atoms with van der Waals surface area (Å²) in [5, 5.41) is 11.7. The van der Waals surface area contributed by atoms with Crippen LogP contribution in [0.2, 0.25) is 0 Å². The van der Waals surface area contributed by atoms with Gasteiger partial charge in [0.15, 0.2) is 0 Å².